The number of hydrogen-bond acceptors (Lipinski definition) is 3. The zero-order valence-corrected chi connectivity index (χ0v) is 10.4. The number of thiocarbonyl (C=S) groups is 1. The molecule has 2 aromatic heterocycles. The molecular formula is C9H7BrN4OS. The standard InChI is InChI=1S/C9H7BrN4OS/c10-6-8(12-4-13-9(6)15)14-3-1-2-5(14)7(11)16/h1-4H,(H2,11,16)(H,12,13,15). The fraction of sp³-hybridized carbons (Fsp3) is 0. The van der Waals surface area contributed by atoms with Crippen LogP contribution in [0.2, 0.25) is 0 Å². The molecule has 7 heteroatoms. The summed E-state index contributed by atoms with van der Waals surface area (Å²) in [7, 11) is 0. The lowest BCUT2D eigenvalue weighted by Gasteiger charge is -2.07. The van der Waals surface area contributed by atoms with Gasteiger partial charge < -0.3 is 10.7 Å². The molecule has 0 aromatic carbocycles. The molecule has 0 unspecified atom stereocenters. The molecule has 2 rings (SSSR count). The molecule has 0 radical (unpaired) electrons. The lowest BCUT2D eigenvalue weighted by atomic mass is 10.4. The Bertz CT molecular complexity index is 604. The molecule has 0 bridgehead atoms. The van der Waals surface area contributed by atoms with E-state index in [2.05, 4.69) is 25.9 Å². The minimum Gasteiger partial charge on any atom is -0.388 e. The number of hydrogen-bond donors (Lipinski definition) is 2. The van der Waals surface area contributed by atoms with Crippen molar-refractivity contribution in [2.24, 2.45) is 5.73 Å². The molecule has 82 valence electrons. The highest BCUT2D eigenvalue weighted by molar-refractivity contribution is 9.10. The number of aromatic amines is 1. The average Bonchev–Trinajstić information content (AvgIpc) is 2.70. The van der Waals surface area contributed by atoms with Crippen LogP contribution in [-0.2, 0) is 0 Å². The number of rotatable bonds is 2. The summed E-state index contributed by atoms with van der Waals surface area (Å²) in [5.41, 5.74) is 5.94. The van der Waals surface area contributed by atoms with Gasteiger partial charge in [-0.25, -0.2) is 4.98 Å². The van der Waals surface area contributed by atoms with Crippen LogP contribution in [0.1, 0.15) is 5.69 Å². The smallest absolute Gasteiger partial charge is 0.267 e. The van der Waals surface area contributed by atoms with E-state index in [-0.39, 0.29) is 10.5 Å². The maximum atomic E-state index is 11.4. The molecular weight excluding hydrogens is 292 g/mol. The lowest BCUT2D eigenvalue weighted by Crippen LogP contribution is -2.18. The van der Waals surface area contributed by atoms with Crippen LogP contribution in [0.5, 0.6) is 0 Å². The largest absolute Gasteiger partial charge is 0.388 e. The molecule has 0 aliphatic carbocycles. The van der Waals surface area contributed by atoms with E-state index in [1.165, 1.54) is 6.33 Å². The fourth-order valence-corrected chi connectivity index (χ4v) is 1.88. The van der Waals surface area contributed by atoms with Crippen molar-refractivity contribution < 1.29 is 0 Å². The van der Waals surface area contributed by atoms with Crippen LogP contribution in [0.3, 0.4) is 0 Å². The van der Waals surface area contributed by atoms with Gasteiger partial charge >= 0.3 is 0 Å². The Balaban J connectivity index is 2.68. The first-order valence-electron chi connectivity index (χ1n) is 4.32. The van der Waals surface area contributed by atoms with Gasteiger partial charge in [0.2, 0.25) is 0 Å². The van der Waals surface area contributed by atoms with Gasteiger partial charge in [-0.2, -0.15) is 0 Å². The number of nitrogens with two attached hydrogens (primary N) is 1. The molecule has 3 N–H and O–H groups in total. The van der Waals surface area contributed by atoms with Gasteiger partial charge in [0, 0.05) is 6.20 Å². The van der Waals surface area contributed by atoms with E-state index in [4.69, 9.17) is 18.0 Å². The van der Waals surface area contributed by atoms with E-state index in [1.807, 2.05) is 0 Å². The van der Waals surface area contributed by atoms with Crippen LogP contribution >= 0.6 is 28.1 Å². The first-order valence-corrected chi connectivity index (χ1v) is 5.52. The van der Waals surface area contributed by atoms with E-state index in [0.29, 0.717) is 16.0 Å². The second-order valence-corrected chi connectivity index (χ2v) is 4.23. The predicted molar refractivity (Wildman–Crippen MR) is 67.8 cm³/mol. The molecule has 0 amide bonds. The molecule has 0 aliphatic heterocycles. The van der Waals surface area contributed by atoms with Crippen LogP contribution < -0.4 is 11.3 Å². The summed E-state index contributed by atoms with van der Waals surface area (Å²) in [6.45, 7) is 0. The van der Waals surface area contributed by atoms with Crippen LogP contribution in [0.25, 0.3) is 5.82 Å². The first kappa shape index (κ1) is 11.0. The highest BCUT2D eigenvalue weighted by Crippen LogP contribution is 2.16. The van der Waals surface area contributed by atoms with E-state index in [9.17, 15) is 4.79 Å². The number of nitrogens with one attached hydrogen (secondary N) is 1. The topological polar surface area (TPSA) is 76.7 Å². The molecule has 16 heavy (non-hydrogen) atoms. The summed E-state index contributed by atoms with van der Waals surface area (Å²) in [6, 6.07) is 3.54. The van der Waals surface area contributed by atoms with Crippen molar-refractivity contribution in [1.82, 2.24) is 14.5 Å². The van der Waals surface area contributed by atoms with Gasteiger partial charge in [-0.3, -0.25) is 9.36 Å². The SMILES string of the molecule is NC(=S)c1cccn1-c1nc[nH]c(=O)c1Br. The Hall–Kier alpha value is -1.47. The molecule has 5 nitrogen and oxygen atoms in total. The van der Waals surface area contributed by atoms with E-state index < -0.39 is 0 Å². The Labute approximate surface area is 104 Å². The van der Waals surface area contributed by atoms with Gasteiger partial charge in [0.05, 0.1) is 12.0 Å². The zero-order valence-electron chi connectivity index (χ0n) is 7.98. The van der Waals surface area contributed by atoms with Gasteiger partial charge in [-0.15, -0.1) is 0 Å². The van der Waals surface area contributed by atoms with Crippen molar-refractivity contribution in [1.29, 1.82) is 0 Å². The monoisotopic (exact) mass is 298 g/mol. The number of nitrogens with zero attached hydrogens (tertiary/aromatic N) is 2. The average molecular weight is 299 g/mol. The van der Waals surface area contributed by atoms with Crippen molar-refractivity contribution >= 4 is 33.1 Å². The number of aromatic nitrogens is 3. The van der Waals surface area contributed by atoms with Crippen molar-refractivity contribution in [2.45, 2.75) is 0 Å². The second-order valence-electron chi connectivity index (χ2n) is 3.00. The molecule has 0 saturated carbocycles. The highest BCUT2D eigenvalue weighted by atomic mass is 79.9. The van der Waals surface area contributed by atoms with Crippen LogP contribution in [0, 0.1) is 0 Å². The van der Waals surface area contributed by atoms with Crippen LogP contribution in [0.15, 0.2) is 33.9 Å². The van der Waals surface area contributed by atoms with Crippen molar-refractivity contribution in [3.05, 3.63) is 45.2 Å². The quantitative estimate of drug-likeness (QED) is 0.810. The third-order valence-corrected chi connectivity index (χ3v) is 2.93. The van der Waals surface area contributed by atoms with E-state index in [1.54, 1.807) is 22.9 Å². The highest BCUT2D eigenvalue weighted by Gasteiger charge is 2.11. The predicted octanol–water partition coefficient (Wildman–Crippen LogP) is 0.957. The number of H-pyrrole nitrogens is 1. The van der Waals surface area contributed by atoms with Gasteiger partial charge in [-0.1, -0.05) is 12.2 Å². The summed E-state index contributed by atoms with van der Waals surface area (Å²) in [5, 5.41) is 0. The Morgan fingerprint density at radius 2 is 2.38 bits per heavy atom. The second kappa shape index (κ2) is 4.18. The lowest BCUT2D eigenvalue weighted by molar-refractivity contribution is 0.947. The Morgan fingerprint density at radius 1 is 1.62 bits per heavy atom. The molecule has 0 aliphatic rings. The normalized spacial score (nSPS) is 10.3. The Morgan fingerprint density at radius 3 is 3.06 bits per heavy atom. The number of halogens is 1. The summed E-state index contributed by atoms with van der Waals surface area (Å²) in [4.78, 5) is 18.2. The fourth-order valence-electron chi connectivity index (χ4n) is 1.31. The molecule has 0 atom stereocenters. The van der Waals surface area contributed by atoms with E-state index >= 15 is 0 Å². The molecule has 2 aromatic rings. The molecule has 0 fully saturated rings. The summed E-state index contributed by atoms with van der Waals surface area (Å²) < 4.78 is 1.99. The first-order chi connectivity index (χ1) is 7.61. The van der Waals surface area contributed by atoms with Crippen molar-refractivity contribution in [3.63, 3.8) is 0 Å². The minimum atomic E-state index is -0.257. The van der Waals surface area contributed by atoms with Crippen molar-refractivity contribution in [2.75, 3.05) is 0 Å². The van der Waals surface area contributed by atoms with E-state index in [0.717, 1.165) is 0 Å². The maximum Gasteiger partial charge on any atom is 0.267 e. The molecule has 0 spiro atoms. The third-order valence-electron chi connectivity index (χ3n) is 2.01. The third kappa shape index (κ3) is 1.79. The minimum absolute atomic E-state index is 0.249. The van der Waals surface area contributed by atoms with Gasteiger partial charge in [0.1, 0.15) is 9.46 Å². The summed E-state index contributed by atoms with van der Waals surface area (Å²) in [5.74, 6) is 0.455. The Kier molecular flexibility index (Phi) is 2.88. The maximum absolute atomic E-state index is 11.4. The van der Waals surface area contributed by atoms with Crippen LogP contribution in [-0.4, -0.2) is 19.5 Å². The van der Waals surface area contributed by atoms with Crippen molar-refractivity contribution in [3.8, 4) is 5.82 Å². The molecule has 2 heterocycles. The summed E-state index contributed by atoms with van der Waals surface area (Å²) >= 11 is 8.08. The zero-order chi connectivity index (χ0) is 11.7. The van der Waals surface area contributed by atoms with Gasteiger partial charge in [0.25, 0.3) is 5.56 Å². The van der Waals surface area contributed by atoms with Gasteiger partial charge in [-0.05, 0) is 28.1 Å². The van der Waals surface area contributed by atoms with Gasteiger partial charge in [0.15, 0.2) is 5.82 Å². The summed E-state index contributed by atoms with van der Waals surface area (Å²) in [6.07, 6.45) is 3.06. The van der Waals surface area contributed by atoms with Crippen LogP contribution in [0.4, 0.5) is 0 Å². The molecule has 0 saturated heterocycles.